The minimum atomic E-state index is -0.00707. The summed E-state index contributed by atoms with van der Waals surface area (Å²) < 4.78 is 7.22. The molecule has 7 heteroatoms. The molecule has 0 spiro atoms. The van der Waals surface area contributed by atoms with Crippen molar-refractivity contribution in [2.45, 2.75) is 5.16 Å². The number of thiophene rings is 1. The minimum Gasteiger partial charge on any atom is -0.493 e. The quantitative estimate of drug-likeness (QED) is 0.398. The molecule has 4 nitrogen and oxygen atoms in total. The third-order valence-electron chi connectivity index (χ3n) is 3.06. The molecule has 1 aromatic carbocycles. The first-order chi connectivity index (χ1) is 10.6. The van der Waals surface area contributed by atoms with Crippen LogP contribution in [0.5, 0.6) is 5.75 Å². The highest BCUT2D eigenvalue weighted by atomic mass is 35.5. The molecule has 3 aromatic rings. The number of hydrogen-bond donors (Lipinski definition) is 0. The van der Waals surface area contributed by atoms with E-state index in [1.165, 1.54) is 23.1 Å². The van der Waals surface area contributed by atoms with Crippen molar-refractivity contribution >= 4 is 44.9 Å². The number of aromatic nitrogens is 2. The Hall–Kier alpha value is -1.50. The summed E-state index contributed by atoms with van der Waals surface area (Å²) in [6.45, 7) is 0.532. The average Bonchev–Trinajstić information content (AvgIpc) is 2.98. The summed E-state index contributed by atoms with van der Waals surface area (Å²) in [5.74, 6) is 1.49. The Morgan fingerprint density at radius 3 is 2.86 bits per heavy atom. The maximum absolute atomic E-state index is 12.2. The predicted octanol–water partition coefficient (Wildman–Crippen LogP) is 3.82. The lowest BCUT2D eigenvalue weighted by Gasteiger charge is -2.08. The van der Waals surface area contributed by atoms with Crippen LogP contribution in [0.15, 0.2) is 45.7 Å². The number of thioether (sulfide) groups is 1. The van der Waals surface area contributed by atoms with Gasteiger partial charge in [-0.1, -0.05) is 23.4 Å². The van der Waals surface area contributed by atoms with Gasteiger partial charge in [0.15, 0.2) is 5.16 Å². The third-order valence-corrected chi connectivity index (χ3v) is 5.11. The van der Waals surface area contributed by atoms with E-state index >= 15 is 0 Å². The van der Waals surface area contributed by atoms with Gasteiger partial charge in [0.05, 0.1) is 12.0 Å². The first-order valence-corrected chi connectivity index (χ1v) is 8.85. The van der Waals surface area contributed by atoms with E-state index in [9.17, 15) is 4.79 Å². The molecule has 0 aliphatic heterocycles. The number of nitrogens with zero attached hydrogens (tertiary/aromatic N) is 2. The van der Waals surface area contributed by atoms with E-state index in [-0.39, 0.29) is 5.56 Å². The first kappa shape index (κ1) is 15.4. The number of benzene rings is 1. The molecule has 0 radical (unpaired) electrons. The van der Waals surface area contributed by atoms with Crippen molar-refractivity contribution in [1.82, 2.24) is 9.55 Å². The van der Waals surface area contributed by atoms with Gasteiger partial charge in [-0.15, -0.1) is 11.3 Å². The van der Waals surface area contributed by atoms with Crippen LogP contribution < -0.4 is 10.3 Å². The Morgan fingerprint density at radius 1 is 1.32 bits per heavy atom. The van der Waals surface area contributed by atoms with Crippen molar-refractivity contribution in [3.8, 4) is 5.75 Å². The van der Waals surface area contributed by atoms with Gasteiger partial charge < -0.3 is 4.74 Å². The highest BCUT2D eigenvalue weighted by Gasteiger charge is 2.09. The summed E-state index contributed by atoms with van der Waals surface area (Å²) in [6, 6.07) is 9.06. The largest absolute Gasteiger partial charge is 0.493 e. The number of ether oxygens (including phenoxy) is 1. The summed E-state index contributed by atoms with van der Waals surface area (Å²) in [5.41, 5.74) is -0.00707. The van der Waals surface area contributed by atoms with Crippen LogP contribution in [0.3, 0.4) is 0 Å². The molecule has 0 bridgehead atoms. The Kier molecular flexibility index (Phi) is 4.71. The summed E-state index contributed by atoms with van der Waals surface area (Å²) in [7, 11) is 1.74. The van der Waals surface area contributed by atoms with Gasteiger partial charge in [0, 0.05) is 17.8 Å². The van der Waals surface area contributed by atoms with Gasteiger partial charge in [0.1, 0.15) is 10.6 Å². The standard InChI is InChI=1S/C15H13ClN2O2S2/c1-18-14(19)12-6-8-21-13(12)17-15(18)22-9-7-20-11-4-2-10(16)3-5-11/h2-6,8H,7,9H2,1H3. The molecule has 0 amide bonds. The SMILES string of the molecule is Cn1c(SCCOc2ccc(Cl)cc2)nc2sccc2c1=O. The number of hydrogen-bond acceptors (Lipinski definition) is 5. The second-order valence-electron chi connectivity index (χ2n) is 4.55. The lowest BCUT2D eigenvalue weighted by molar-refractivity contribution is 0.344. The monoisotopic (exact) mass is 352 g/mol. The molecule has 0 unspecified atom stereocenters. The smallest absolute Gasteiger partial charge is 0.262 e. The number of fused-ring (bicyclic) bond motifs is 1. The van der Waals surface area contributed by atoms with E-state index in [1.54, 1.807) is 23.7 Å². The molecule has 0 aliphatic rings. The lowest BCUT2D eigenvalue weighted by atomic mass is 10.3. The molecule has 2 aromatic heterocycles. The average molecular weight is 353 g/mol. The summed E-state index contributed by atoms with van der Waals surface area (Å²) in [6.07, 6.45) is 0. The molecule has 0 saturated heterocycles. The van der Waals surface area contributed by atoms with Gasteiger partial charge in [-0.05, 0) is 35.7 Å². The van der Waals surface area contributed by atoms with Crippen LogP contribution in [0, 0.1) is 0 Å². The van der Waals surface area contributed by atoms with Gasteiger partial charge in [0.2, 0.25) is 0 Å². The lowest BCUT2D eigenvalue weighted by Crippen LogP contribution is -2.19. The highest BCUT2D eigenvalue weighted by molar-refractivity contribution is 7.99. The normalized spacial score (nSPS) is 11.0. The van der Waals surface area contributed by atoms with Crippen LogP contribution in [0.4, 0.5) is 0 Å². The molecule has 2 heterocycles. The van der Waals surface area contributed by atoms with Crippen molar-refractivity contribution in [3.05, 3.63) is 51.1 Å². The van der Waals surface area contributed by atoms with Gasteiger partial charge in [0.25, 0.3) is 5.56 Å². The Labute approximate surface area is 140 Å². The van der Waals surface area contributed by atoms with Crippen molar-refractivity contribution in [2.24, 2.45) is 7.05 Å². The third kappa shape index (κ3) is 3.29. The molecule has 114 valence electrons. The second-order valence-corrected chi connectivity index (χ2v) is 6.94. The molecular formula is C15H13ClN2O2S2. The summed E-state index contributed by atoms with van der Waals surface area (Å²) in [5, 5.41) is 3.95. The van der Waals surface area contributed by atoms with E-state index < -0.39 is 0 Å². The Morgan fingerprint density at radius 2 is 2.09 bits per heavy atom. The molecule has 22 heavy (non-hydrogen) atoms. The van der Waals surface area contributed by atoms with Crippen LogP contribution in [0.25, 0.3) is 10.2 Å². The van der Waals surface area contributed by atoms with E-state index in [2.05, 4.69) is 4.98 Å². The van der Waals surface area contributed by atoms with Gasteiger partial charge in [-0.2, -0.15) is 0 Å². The van der Waals surface area contributed by atoms with Gasteiger partial charge in [-0.3, -0.25) is 9.36 Å². The number of halogens is 1. The first-order valence-electron chi connectivity index (χ1n) is 6.60. The molecule has 0 aliphatic carbocycles. The molecule has 0 saturated carbocycles. The van der Waals surface area contributed by atoms with Crippen LogP contribution in [-0.2, 0) is 7.05 Å². The van der Waals surface area contributed by atoms with Crippen LogP contribution in [0.2, 0.25) is 5.02 Å². The fourth-order valence-electron chi connectivity index (χ4n) is 1.93. The van der Waals surface area contributed by atoms with E-state index in [0.29, 0.717) is 27.9 Å². The van der Waals surface area contributed by atoms with Crippen LogP contribution >= 0.6 is 34.7 Å². The number of rotatable bonds is 5. The predicted molar refractivity (Wildman–Crippen MR) is 92.5 cm³/mol. The van der Waals surface area contributed by atoms with E-state index in [0.717, 1.165) is 10.6 Å². The summed E-state index contributed by atoms with van der Waals surface area (Å²) in [4.78, 5) is 17.5. The zero-order chi connectivity index (χ0) is 15.5. The van der Waals surface area contributed by atoms with Crippen molar-refractivity contribution in [3.63, 3.8) is 0 Å². The Balaban J connectivity index is 1.63. The van der Waals surface area contributed by atoms with Crippen LogP contribution in [0.1, 0.15) is 0 Å². The maximum atomic E-state index is 12.2. The molecule has 0 atom stereocenters. The molecular weight excluding hydrogens is 340 g/mol. The second kappa shape index (κ2) is 6.73. The Bertz CT molecular complexity index is 843. The zero-order valence-electron chi connectivity index (χ0n) is 11.8. The molecule has 3 rings (SSSR count). The van der Waals surface area contributed by atoms with E-state index in [1.807, 2.05) is 23.6 Å². The maximum Gasteiger partial charge on any atom is 0.262 e. The fraction of sp³-hybridized carbons (Fsp3) is 0.200. The van der Waals surface area contributed by atoms with Crippen LogP contribution in [-0.4, -0.2) is 21.9 Å². The minimum absolute atomic E-state index is 0.00707. The van der Waals surface area contributed by atoms with Crippen molar-refractivity contribution in [2.75, 3.05) is 12.4 Å². The van der Waals surface area contributed by atoms with Crippen molar-refractivity contribution < 1.29 is 4.74 Å². The molecule has 0 fully saturated rings. The van der Waals surface area contributed by atoms with Crippen molar-refractivity contribution in [1.29, 1.82) is 0 Å². The van der Waals surface area contributed by atoms with Gasteiger partial charge >= 0.3 is 0 Å². The van der Waals surface area contributed by atoms with E-state index in [4.69, 9.17) is 16.3 Å². The topological polar surface area (TPSA) is 44.1 Å². The fourth-order valence-corrected chi connectivity index (χ4v) is 3.65. The molecule has 0 N–H and O–H groups in total. The zero-order valence-corrected chi connectivity index (χ0v) is 14.2. The highest BCUT2D eigenvalue weighted by Crippen LogP contribution is 2.21. The van der Waals surface area contributed by atoms with Gasteiger partial charge in [-0.25, -0.2) is 4.98 Å². The summed E-state index contributed by atoms with van der Waals surface area (Å²) >= 11 is 8.81.